The van der Waals surface area contributed by atoms with Crippen LogP contribution in [-0.4, -0.2) is 47.8 Å². The van der Waals surface area contributed by atoms with E-state index in [0.717, 1.165) is 25.9 Å². The minimum atomic E-state index is 0.105. The molecule has 0 unspecified atom stereocenters. The van der Waals surface area contributed by atoms with Crippen molar-refractivity contribution in [2.24, 2.45) is 7.05 Å². The van der Waals surface area contributed by atoms with Gasteiger partial charge in [-0.25, -0.2) is 0 Å². The van der Waals surface area contributed by atoms with Crippen LogP contribution in [0.25, 0.3) is 0 Å². The zero-order valence-corrected chi connectivity index (χ0v) is 9.85. The van der Waals surface area contributed by atoms with E-state index in [4.69, 9.17) is 9.84 Å². The molecule has 0 aliphatic rings. The molecule has 16 heavy (non-hydrogen) atoms. The SMILES string of the molecule is Cn1nccc1CCNCCCOCCO. The van der Waals surface area contributed by atoms with Crippen LogP contribution in [0.4, 0.5) is 0 Å². The van der Waals surface area contributed by atoms with Gasteiger partial charge in [0.05, 0.1) is 13.2 Å². The van der Waals surface area contributed by atoms with E-state index in [9.17, 15) is 0 Å². The predicted octanol–water partition coefficient (Wildman–Crippen LogP) is -0.0488. The third kappa shape index (κ3) is 5.25. The molecule has 0 aliphatic carbocycles. The van der Waals surface area contributed by atoms with Gasteiger partial charge in [-0.2, -0.15) is 5.10 Å². The monoisotopic (exact) mass is 227 g/mol. The van der Waals surface area contributed by atoms with Gasteiger partial charge in [0.1, 0.15) is 0 Å². The third-order valence-corrected chi connectivity index (χ3v) is 2.36. The number of aryl methyl sites for hydroxylation is 1. The highest BCUT2D eigenvalue weighted by molar-refractivity contribution is 5.00. The summed E-state index contributed by atoms with van der Waals surface area (Å²) in [5, 5.41) is 15.9. The van der Waals surface area contributed by atoms with Crippen molar-refractivity contribution in [1.29, 1.82) is 0 Å². The maximum Gasteiger partial charge on any atom is 0.0697 e. The van der Waals surface area contributed by atoms with Crippen molar-refractivity contribution in [3.63, 3.8) is 0 Å². The number of rotatable bonds is 9. The molecule has 1 rings (SSSR count). The van der Waals surface area contributed by atoms with Crippen molar-refractivity contribution in [1.82, 2.24) is 15.1 Å². The quantitative estimate of drug-likeness (QED) is 0.581. The molecule has 1 aromatic rings. The fourth-order valence-electron chi connectivity index (χ4n) is 1.45. The molecule has 92 valence electrons. The van der Waals surface area contributed by atoms with Crippen molar-refractivity contribution in [3.8, 4) is 0 Å². The molecule has 1 heterocycles. The third-order valence-electron chi connectivity index (χ3n) is 2.36. The molecule has 1 aromatic heterocycles. The first-order chi connectivity index (χ1) is 7.84. The number of aromatic nitrogens is 2. The average molecular weight is 227 g/mol. The summed E-state index contributed by atoms with van der Waals surface area (Å²) < 4.78 is 7.05. The summed E-state index contributed by atoms with van der Waals surface area (Å²) in [5.74, 6) is 0. The fourth-order valence-corrected chi connectivity index (χ4v) is 1.45. The van der Waals surface area contributed by atoms with Gasteiger partial charge in [0.25, 0.3) is 0 Å². The first-order valence-corrected chi connectivity index (χ1v) is 5.71. The van der Waals surface area contributed by atoms with Crippen LogP contribution in [0.3, 0.4) is 0 Å². The second-order valence-electron chi connectivity index (χ2n) is 3.64. The van der Waals surface area contributed by atoms with E-state index in [2.05, 4.69) is 10.4 Å². The van der Waals surface area contributed by atoms with E-state index >= 15 is 0 Å². The van der Waals surface area contributed by atoms with Crippen LogP contribution in [-0.2, 0) is 18.2 Å². The molecule has 0 aliphatic heterocycles. The lowest BCUT2D eigenvalue weighted by atomic mass is 10.3. The Bertz CT molecular complexity index is 276. The van der Waals surface area contributed by atoms with Crippen molar-refractivity contribution >= 4 is 0 Å². The second kappa shape index (κ2) is 8.27. The van der Waals surface area contributed by atoms with Gasteiger partial charge in [-0.1, -0.05) is 0 Å². The molecule has 5 nitrogen and oxygen atoms in total. The Kier molecular flexibility index (Phi) is 6.80. The first kappa shape index (κ1) is 13.2. The summed E-state index contributed by atoms with van der Waals surface area (Å²) in [7, 11) is 1.96. The number of hydrogen-bond donors (Lipinski definition) is 2. The molecule has 0 radical (unpaired) electrons. The summed E-state index contributed by atoms with van der Waals surface area (Å²) >= 11 is 0. The molecule has 2 N–H and O–H groups in total. The number of aliphatic hydroxyl groups is 1. The molecule has 0 amide bonds. The average Bonchev–Trinajstić information content (AvgIpc) is 2.68. The fraction of sp³-hybridized carbons (Fsp3) is 0.727. The molecule has 0 spiro atoms. The Balaban J connectivity index is 1.91. The summed E-state index contributed by atoms with van der Waals surface area (Å²) in [5.41, 5.74) is 1.24. The van der Waals surface area contributed by atoms with Gasteiger partial charge >= 0.3 is 0 Å². The van der Waals surface area contributed by atoms with E-state index in [0.29, 0.717) is 13.2 Å². The van der Waals surface area contributed by atoms with Gasteiger partial charge in [-0.3, -0.25) is 4.68 Å². The van der Waals surface area contributed by atoms with Crippen LogP contribution in [0.2, 0.25) is 0 Å². The largest absolute Gasteiger partial charge is 0.394 e. The van der Waals surface area contributed by atoms with E-state index in [1.165, 1.54) is 5.69 Å². The number of aliphatic hydroxyl groups excluding tert-OH is 1. The Labute approximate surface area is 96.4 Å². The highest BCUT2D eigenvalue weighted by Gasteiger charge is 1.97. The van der Waals surface area contributed by atoms with Crippen LogP contribution < -0.4 is 5.32 Å². The second-order valence-corrected chi connectivity index (χ2v) is 3.64. The van der Waals surface area contributed by atoms with Crippen LogP contribution in [0.5, 0.6) is 0 Å². The van der Waals surface area contributed by atoms with Gasteiger partial charge in [-0.05, 0) is 19.0 Å². The molecular weight excluding hydrogens is 206 g/mol. The van der Waals surface area contributed by atoms with Crippen LogP contribution in [0.15, 0.2) is 12.3 Å². The number of nitrogens with zero attached hydrogens (tertiary/aromatic N) is 2. The van der Waals surface area contributed by atoms with E-state index < -0.39 is 0 Å². The molecule has 0 saturated carbocycles. The van der Waals surface area contributed by atoms with Gasteiger partial charge < -0.3 is 15.2 Å². The van der Waals surface area contributed by atoms with Gasteiger partial charge in [0, 0.05) is 38.5 Å². The Hall–Kier alpha value is -0.910. The Morgan fingerprint density at radius 2 is 2.31 bits per heavy atom. The molecule has 0 aromatic carbocycles. The number of hydrogen-bond acceptors (Lipinski definition) is 4. The lowest BCUT2D eigenvalue weighted by molar-refractivity contribution is 0.0908. The smallest absolute Gasteiger partial charge is 0.0697 e. The first-order valence-electron chi connectivity index (χ1n) is 5.71. The van der Waals surface area contributed by atoms with Crippen LogP contribution >= 0.6 is 0 Å². The summed E-state index contributed by atoms with van der Waals surface area (Å²) in [4.78, 5) is 0. The van der Waals surface area contributed by atoms with Crippen LogP contribution in [0, 0.1) is 0 Å². The molecule has 0 fully saturated rings. The highest BCUT2D eigenvalue weighted by Crippen LogP contribution is 1.95. The van der Waals surface area contributed by atoms with Gasteiger partial charge in [0.2, 0.25) is 0 Å². The number of ether oxygens (including phenoxy) is 1. The van der Waals surface area contributed by atoms with E-state index in [1.807, 2.05) is 24.0 Å². The van der Waals surface area contributed by atoms with Gasteiger partial charge in [-0.15, -0.1) is 0 Å². The van der Waals surface area contributed by atoms with Gasteiger partial charge in [0.15, 0.2) is 0 Å². The van der Waals surface area contributed by atoms with E-state index in [1.54, 1.807) is 0 Å². The lowest BCUT2D eigenvalue weighted by Gasteiger charge is -2.05. The summed E-state index contributed by atoms with van der Waals surface area (Å²) in [6.07, 6.45) is 3.79. The minimum Gasteiger partial charge on any atom is -0.394 e. The normalized spacial score (nSPS) is 10.9. The Morgan fingerprint density at radius 1 is 1.44 bits per heavy atom. The standard InChI is InChI=1S/C11H21N3O2/c1-14-11(4-7-13-14)3-6-12-5-2-9-16-10-8-15/h4,7,12,15H,2-3,5-6,8-10H2,1H3. The maximum atomic E-state index is 8.49. The van der Waals surface area contributed by atoms with Crippen molar-refractivity contribution < 1.29 is 9.84 Å². The van der Waals surface area contributed by atoms with Crippen molar-refractivity contribution in [2.75, 3.05) is 32.9 Å². The maximum absolute atomic E-state index is 8.49. The van der Waals surface area contributed by atoms with Crippen molar-refractivity contribution in [2.45, 2.75) is 12.8 Å². The molecule has 0 saturated heterocycles. The minimum absolute atomic E-state index is 0.105. The molecular formula is C11H21N3O2. The zero-order chi connectivity index (χ0) is 11.6. The lowest BCUT2D eigenvalue weighted by Crippen LogP contribution is -2.20. The number of nitrogens with one attached hydrogen (secondary N) is 1. The molecule has 0 atom stereocenters. The zero-order valence-electron chi connectivity index (χ0n) is 9.85. The predicted molar refractivity (Wildman–Crippen MR) is 62.3 cm³/mol. The topological polar surface area (TPSA) is 59.3 Å². The van der Waals surface area contributed by atoms with Crippen LogP contribution in [0.1, 0.15) is 12.1 Å². The summed E-state index contributed by atoms with van der Waals surface area (Å²) in [6.45, 7) is 3.16. The van der Waals surface area contributed by atoms with Crippen molar-refractivity contribution in [3.05, 3.63) is 18.0 Å². The summed E-state index contributed by atoms with van der Waals surface area (Å²) in [6, 6.07) is 2.03. The molecule has 5 heteroatoms. The van der Waals surface area contributed by atoms with E-state index in [-0.39, 0.29) is 6.61 Å². The molecule has 0 bridgehead atoms. The Morgan fingerprint density at radius 3 is 3.00 bits per heavy atom. The highest BCUT2D eigenvalue weighted by atomic mass is 16.5.